The molecule has 0 aromatic heterocycles. The molecule has 3 nitrogen and oxygen atoms in total. The van der Waals surface area contributed by atoms with Gasteiger partial charge < -0.3 is 9.80 Å². The summed E-state index contributed by atoms with van der Waals surface area (Å²) in [4.78, 5) is 16.8. The molecule has 0 bridgehead atoms. The van der Waals surface area contributed by atoms with Gasteiger partial charge in [-0.15, -0.1) is 0 Å². The minimum absolute atomic E-state index is 0.197. The molecule has 4 heteroatoms. The number of piperazine rings is 1. The van der Waals surface area contributed by atoms with Crippen LogP contribution in [0.1, 0.15) is 23.7 Å². The number of halogens is 1. The summed E-state index contributed by atoms with van der Waals surface area (Å²) in [6, 6.07) is 7.72. The molecule has 1 saturated heterocycles. The SMILES string of the molecule is CC1CN(CCC(=O)c2ccc(Cl)cc2)CCN1C. The Balaban J connectivity index is 1.82. The van der Waals surface area contributed by atoms with E-state index >= 15 is 0 Å². The number of ketones is 1. The molecule has 19 heavy (non-hydrogen) atoms. The predicted octanol–water partition coefficient (Wildman–Crippen LogP) is 2.55. The third-order valence-corrected chi connectivity index (χ3v) is 4.12. The molecule has 0 spiro atoms. The van der Waals surface area contributed by atoms with Crippen molar-refractivity contribution in [1.29, 1.82) is 0 Å². The Morgan fingerprint density at radius 1 is 1.32 bits per heavy atom. The van der Waals surface area contributed by atoms with Gasteiger partial charge in [0.2, 0.25) is 0 Å². The van der Waals surface area contributed by atoms with E-state index in [0.717, 1.165) is 31.7 Å². The first kappa shape index (κ1) is 14.5. The smallest absolute Gasteiger partial charge is 0.164 e. The number of likely N-dealkylation sites (N-methyl/N-ethyl adjacent to an activating group) is 1. The molecule has 2 rings (SSSR count). The van der Waals surface area contributed by atoms with Crippen molar-refractivity contribution >= 4 is 17.4 Å². The maximum atomic E-state index is 12.1. The summed E-state index contributed by atoms with van der Waals surface area (Å²) in [6.07, 6.45) is 0.581. The number of nitrogens with zero attached hydrogens (tertiary/aromatic N) is 2. The van der Waals surface area contributed by atoms with Gasteiger partial charge in [-0.2, -0.15) is 0 Å². The van der Waals surface area contributed by atoms with Crippen LogP contribution in [0.3, 0.4) is 0 Å². The van der Waals surface area contributed by atoms with Crippen molar-refractivity contribution in [3.8, 4) is 0 Å². The van der Waals surface area contributed by atoms with E-state index in [1.54, 1.807) is 24.3 Å². The summed E-state index contributed by atoms with van der Waals surface area (Å²) in [6.45, 7) is 6.25. The highest BCUT2D eigenvalue weighted by Gasteiger charge is 2.20. The van der Waals surface area contributed by atoms with Gasteiger partial charge in [0.1, 0.15) is 0 Å². The van der Waals surface area contributed by atoms with E-state index in [9.17, 15) is 4.79 Å². The van der Waals surface area contributed by atoms with Crippen LogP contribution in [0.5, 0.6) is 0 Å². The van der Waals surface area contributed by atoms with Gasteiger partial charge in [0.05, 0.1) is 0 Å². The summed E-state index contributed by atoms with van der Waals surface area (Å²) in [5.41, 5.74) is 0.756. The second-order valence-corrected chi connectivity index (χ2v) is 5.75. The molecule has 104 valence electrons. The Labute approximate surface area is 120 Å². The Hall–Kier alpha value is -0.900. The van der Waals surface area contributed by atoms with E-state index in [-0.39, 0.29) is 5.78 Å². The highest BCUT2D eigenvalue weighted by molar-refractivity contribution is 6.30. The van der Waals surface area contributed by atoms with Gasteiger partial charge in [-0.25, -0.2) is 0 Å². The van der Waals surface area contributed by atoms with Crippen molar-refractivity contribution in [1.82, 2.24) is 9.80 Å². The second kappa shape index (κ2) is 6.51. The van der Waals surface area contributed by atoms with Crippen molar-refractivity contribution in [3.63, 3.8) is 0 Å². The van der Waals surface area contributed by atoms with Crippen LogP contribution in [0.25, 0.3) is 0 Å². The van der Waals surface area contributed by atoms with Gasteiger partial charge in [-0.3, -0.25) is 4.79 Å². The number of hydrogen-bond acceptors (Lipinski definition) is 3. The quantitative estimate of drug-likeness (QED) is 0.792. The topological polar surface area (TPSA) is 23.6 Å². The monoisotopic (exact) mass is 280 g/mol. The molecule has 0 N–H and O–H groups in total. The average molecular weight is 281 g/mol. The van der Waals surface area contributed by atoms with Crippen molar-refractivity contribution in [2.24, 2.45) is 0 Å². The zero-order valence-electron chi connectivity index (χ0n) is 11.6. The summed E-state index contributed by atoms with van der Waals surface area (Å²) in [5, 5.41) is 0.671. The zero-order valence-corrected chi connectivity index (χ0v) is 12.4. The van der Waals surface area contributed by atoms with Crippen molar-refractivity contribution in [3.05, 3.63) is 34.9 Å². The molecule has 0 radical (unpaired) electrons. The highest BCUT2D eigenvalue weighted by atomic mass is 35.5. The lowest BCUT2D eigenvalue weighted by molar-refractivity contribution is 0.0873. The fourth-order valence-electron chi connectivity index (χ4n) is 2.37. The zero-order chi connectivity index (χ0) is 13.8. The van der Waals surface area contributed by atoms with Gasteiger partial charge in [0, 0.05) is 49.2 Å². The fraction of sp³-hybridized carbons (Fsp3) is 0.533. The van der Waals surface area contributed by atoms with Gasteiger partial charge in [0.15, 0.2) is 5.78 Å². The standard InChI is InChI=1S/C15H21ClN2O/c1-12-11-18(10-9-17(12)2)8-7-15(19)13-3-5-14(16)6-4-13/h3-6,12H,7-11H2,1-2H3. The molecule has 1 aliphatic heterocycles. The molecule has 0 amide bonds. The number of rotatable bonds is 4. The first-order valence-electron chi connectivity index (χ1n) is 6.77. The lowest BCUT2D eigenvalue weighted by Crippen LogP contribution is -2.50. The summed E-state index contributed by atoms with van der Waals surface area (Å²) in [7, 11) is 2.15. The van der Waals surface area contributed by atoms with E-state index in [0.29, 0.717) is 17.5 Å². The lowest BCUT2D eigenvalue weighted by Gasteiger charge is -2.37. The molecule has 0 aliphatic carbocycles. The first-order valence-corrected chi connectivity index (χ1v) is 7.15. The van der Waals surface area contributed by atoms with Crippen molar-refractivity contribution in [2.75, 3.05) is 33.2 Å². The summed E-state index contributed by atoms with van der Waals surface area (Å²) >= 11 is 5.82. The molecule has 0 saturated carbocycles. The van der Waals surface area contributed by atoms with Crippen LogP contribution < -0.4 is 0 Å². The van der Waals surface area contributed by atoms with Crippen LogP contribution in [0.15, 0.2) is 24.3 Å². The van der Waals surface area contributed by atoms with E-state index < -0.39 is 0 Å². The largest absolute Gasteiger partial charge is 0.301 e. The number of hydrogen-bond donors (Lipinski definition) is 0. The Morgan fingerprint density at radius 2 is 2.00 bits per heavy atom. The van der Waals surface area contributed by atoms with E-state index in [1.807, 2.05) is 0 Å². The van der Waals surface area contributed by atoms with Gasteiger partial charge >= 0.3 is 0 Å². The third kappa shape index (κ3) is 4.03. The van der Waals surface area contributed by atoms with Crippen molar-refractivity contribution < 1.29 is 4.79 Å². The summed E-state index contributed by atoms with van der Waals surface area (Å²) < 4.78 is 0. The average Bonchev–Trinajstić information content (AvgIpc) is 2.40. The minimum Gasteiger partial charge on any atom is -0.301 e. The summed E-state index contributed by atoms with van der Waals surface area (Å²) in [5.74, 6) is 0.197. The molecule has 1 fully saturated rings. The van der Waals surface area contributed by atoms with Crippen LogP contribution in [-0.4, -0.2) is 54.9 Å². The first-order chi connectivity index (χ1) is 9.06. The number of carbonyl (C=O) groups is 1. The molecular formula is C15H21ClN2O. The molecule has 1 atom stereocenters. The number of carbonyl (C=O) groups excluding carboxylic acids is 1. The predicted molar refractivity (Wildman–Crippen MR) is 78.9 cm³/mol. The van der Waals surface area contributed by atoms with Crippen LogP contribution in [0.2, 0.25) is 5.02 Å². The van der Waals surface area contributed by atoms with Gasteiger partial charge in [0.25, 0.3) is 0 Å². The fourth-order valence-corrected chi connectivity index (χ4v) is 2.49. The lowest BCUT2D eigenvalue weighted by atomic mass is 10.1. The van der Waals surface area contributed by atoms with Crippen molar-refractivity contribution in [2.45, 2.75) is 19.4 Å². The molecule has 1 aromatic rings. The highest BCUT2D eigenvalue weighted by Crippen LogP contribution is 2.12. The van der Waals surface area contributed by atoms with Gasteiger partial charge in [-0.05, 0) is 38.2 Å². The maximum absolute atomic E-state index is 12.1. The Kier molecular flexibility index (Phi) is 4.97. The third-order valence-electron chi connectivity index (χ3n) is 3.87. The Morgan fingerprint density at radius 3 is 2.63 bits per heavy atom. The molecular weight excluding hydrogens is 260 g/mol. The van der Waals surface area contributed by atoms with Crippen LogP contribution in [0, 0.1) is 0 Å². The molecule has 1 aromatic carbocycles. The van der Waals surface area contributed by atoms with E-state index in [1.165, 1.54) is 0 Å². The maximum Gasteiger partial charge on any atom is 0.164 e. The molecule has 1 heterocycles. The second-order valence-electron chi connectivity index (χ2n) is 5.31. The van der Waals surface area contributed by atoms with Gasteiger partial charge in [-0.1, -0.05) is 11.6 Å². The van der Waals surface area contributed by atoms with E-state index in [2.05, 4.69) is 23.8 Å². The molecule has 1 aliphatic rings. The molecule has 1 unspecified atom stereocenters. The van der Waals surface area contributed by atoms with Crippen LogP contribution in [-0.2, 0) is 0 Å². The number of Topliss-reactive ketones (excluding diaryl/α,β-unsaturated/α-hetero) is 1. The van der Waals surface area contributed by atoms with E-state index in [4.69, 9.17) is 11.6 Å². The Bertz CT molecular complexity index is 432. The normalized spacial score (nSPS) is 21.5. The van der Waals surface area contributed by atoms with Crippen LogP contribution >= 0.6 is 11.6 Å². The minimum atomic E-state index is 0.197. The van der Waals surface area contributed by atoms with Crippen LogP contribution in [0.4, 0.5) is 0 Å². The number of benzene rings is 1.